The minimum Gasteiger partial charge on any atom is -0.497 e. The van der Waals surface area contributed by atoms with Gasteiger partial charge in [-0.3, -0.25) is 0 Å². The molecule has 0 N–H and O–H groups in total. The summed E-state index contributed by atoms with van der Waals surface area (Å²) in [5.74, 6) is 1.07. The third kappa shape index (κ3) is 12.7. The smallest absolute Gasteiger partial charge is 0.191 e. The number of benzene rings is 3. The van der Waals surface area contributed by atoms with Crippen molar-refractivity contribution in [2.24, 2.45) is 11.8 Å². The molecule has 3 aromatic rings. The van der Waals surface area contributed by atoms with Gasteiger partial charge in [-0.15, -0.1) is 0 Å². The molecule has 0 aliphatic carbocycles. The highest BCUT2D eigenvalue weighted by atomic mass is 28.4. The van der Waals surface area contributed by atoms with E-state index in [1.165, 1.54) is 0 Å². The Balaban J connectivity index is 1.70. The van der Waals surface area contributed by atoms with Gasteiger partial charge in [0.25, 0.3) is 0 Å². The molecule has 45 heavy (non-hydrogen) atoms. The zero-order chi connectivity index (χ0) is 32.7. The molecule has 0 radical (unpaired) electrons. The van der Waals surface area contributed by atoms with E-state index in [9.17, 15) is 0 Å². The van der Waals surface area contributed by atoms with Crippen molar-refractivity contribution in [2.45, 2.75) is 91.2 Å². The third-order valence-corrected chi connectivity index (χ3v) is 13.4. The molecule has 0 unspecified atom stereocenters. The standard InChI is InChI=1S/C38H56O6Si/c1-30(25-44-45(7,8)38(3,4)5)37(42-28-33-17-13-10-14-18-33)31(2)36(43-29-41-27-32-15-11-9-12-16-32)23-24-40-26-34-19-21-35(39-6)22-20-34/h9-22,30-31,36-37H,23-29H2,1-8H3/t30-,31-,36+,37+/m1/s1. The molecule has 0 spiro atoms. The number of hydrogen-bond acceptors (Lipinski definition) is 6. The number of rotatable bonds is 20. The first kappa shape index (κ1) is 36.9. The molecule has 0 aliphatic heterocycles. The van der Waals surface area contributed by atoms with Crippen molar-refractivity contribution in [1.29, 1.82) is 0 Å². The van der Waals surface area contributed by atoms with Gasteiger partial charge < -0.3 is 28.1 Å². The largest absolute Gasteiger partial charge is 0.497 e. The molecule has 248 valence electrons. The second kappa shape index (κ2) is 18.6. The van der Waals surface area contributed by atoms with E-state index in [2.05, 4.69) is 84.1 Å². The van der Waals surface area contributed by atoms with E-state index in [1.54, 1.807) is 7.11 Å². The lowest BCUT2D eigenvalue weighted by Gasteiger charge is -2.39. The fourth-order valence-corrected chi connectivity index (χ4v) is 6.05. The lowest BCUT2D eigenvalue weighted by Crippen LogP contribution is -2.45. The average Bonchev–Trinajstić information content (AvgIpc) is 3.03. The molecular weight excluding hydrogens is 580 g/mol. The van der Waals surface area contributed by atoms with Crippen molar-refractivity contribution >= 4 is 8.32 Å². The Hall–Kier alpha value is -2.52. The van der Waals surface area contributed by atoms with Gasteiger partial charge in [-0.05, 0) is 53.4 Å². The predicted octanol–water partition coefficient (Wildman–Crippen LogP) is 9.04. The third-order valence-electron chi connectivity index (χ3n) is 8.92. The summed E-state index contributed by atoms with van der Waals surface area (Å²) in [6, 6.07) is 28.5. The highest BCUT2D eigenvalue weighted by Gasteiger charge is 2.39. The minimum atomic E-state index is -1.92. The zero-order valence-corrected chi connectivity index (χ0v) is 29.8. The molecule has 0 saturated carbocycles. The lowest BCUT2D eigenvalue weighted by molar-refractivity contribution is -0.147. The molecule has 0 fully saturated rings. The van der Waals surface area contributed by atoms with Gasteiger partial charge >= 0.3 is 0 Å². The van der Waals surface area contributed by atoms with E-state index in [1.807, 2.05) is 48.5 Å². The first-order valence-corrected chi connectivity index (χ1v) is 19.1. The van der Waals surface area contributed by atoms with Gasteiger partial charge in [0, 0.05) is 25.0 Å². The second-order valence-corrected chi connectivity index (χ2v) is 18.3. The normalized spacial score (nSPS) is 14.9. The summed E-state index contributed by atoms with van der Waals surface area (Å²) in [5, 5.41) is 0.141. The Morgan fingerprint density at radius 3 is 1.82 bits per heavy atom. The molecule has 4 atom stereocenters. The van der Waals surface area contributed by atoms with Gasteiger partial charge in [-0.25, -0.2) is 0 Å². The monoisotopic (exact) mass is 636 g/mol. The highest BCUT2D eigenvalue weighted by Crippen LogP contribution is 2.37. The average molecular weight is 637 g/mol. The van der Waals surface area contributed by atoms with Gasteiger partial charge in [0.15, 0.2) is 8.32 Å². The van der Waals surface area contributed by atoms with Gasteiger partial charge in [0.2, 0.25) is 0 Å². The van der Waals surface area contributed by atoms with E-state index in [4.69, 9.17) is 28.1 Å². The van der Waals surface area contributed by atoms with Gasteiger partial charge in [0.1, 0.15) is 12.5 Å². The Kier molecular flexibility index (Phi) is 15.3. The summed E-state index contributed by atoms with van der Waals surface area (Å²) in [7, 11) is -0.245. The Morgan fingerprint density at radius 2 is 1.24 bits per heavy atom. The van der Waals surface area contributed by atoms with Crippen molar-refractivity contribution in [1.82, 2.24) is 0 Å². The second-order valence-electron chi connectivity index (χ2n) is 13.5. The van der Waals surface area contributed by atoms with Crippen molar-refractivity contribution in [3.8, 4) is 5.75 Å². The predicted molar refractivity (Wildman–Crippen MR) is 185 cm³/mol. The van der Waals surface area contributed by atoms with Crippen LogP contribution in [0.5, 0.6) is 5.75 Å². The van der Waals surface area contributed by atoms with Crippen molar-refractivity contribution in [3.63, 3.8) is 0 Å². The fourth-order valence-electron chi connectivity index (χ4n) is 4.94. The molecule has 3 aromatic carbocycles. The van der Waals surface area contributed by atoms with Crippen LogP contribution in [0.15, 0.2) is 84.9 Å². The molecule has 0 amide bonds. The van der Waals surface area contributed by atoms with Crippen LogP contribution in [0, 0.1) is 11.8 Å². The van der Waals surface area contributed by atoms with E-state index in [0.717, 1.165) is 22.4 Å². The summed E-state index contributed by atoms with van der Waals surface area (Å²) in [5.41, 5.74) is 3.38. The summed E-state index contributed by atoms with van der Waals surface area (Å²) >= 11 is 0. The molecule has 0 aliphatic rings. The summed E-state index contributed by atoms with van der Waals surface area (Å²) in [4.78, 5) is 0. The van der Waals surface area contributed by atoms with Crippen molar-refractivity contribution in [3.05, 3.63) is 102 Å². The molecule has 3 rings (SSSR count). The summed E-state index contributed by atoms with van der Waals surface area (Å²) < 4.78 is 37.2. The fraction of sp³-hybridized carbons (Fsp3) is 0.526. The molecular formula is C38H56O6Si. The van der Waals surface area contributed by atoms with Crippen LogP contribution >= 0.6 is 0 Å². The number of hydrogen-bond donors (Lipinski definition) is 0. The molecule has 6 nitrogen and oxygen atoms in total. The first-order valence-electron chi connectivity index (χ1n) is 16.2. The quantitative estimate of drug-likeness (QED) is 0.0701. The van der Waals surface area contributed by atoms with Crippen molar-refractivity contribution < 1.29 is 28.1 Å². The molecule has 0 aromatic heterocycles. The number of methoxy groups -OCH3 is 1. The maximum atomic E-state index is 6.72. The van der Waals surface area contributed by atoms with Crippen LogP contribution in [-0.2, 0) is 43.2 Å². The number of ether oxygens (including phenoxy) is 5. The van der Waals surface area contributed by atoms with E-state index in [-0.39, 0.29) is 35.9 Å². The van der Waals surface area contributed by atoms with Gasteiger partial charge in [-0.1, -0.05) is 107 Å². The van der Waals surface area contributed by atoms with Crippen LogP contribution in [0.2, 0.25) is 18.1 Å². The van der Waals surface area contributed by atoms with E-state index >= 15 is 0 Å². The Bertz CT molecular complexity index is 1200. The SMILES string of the molecule is COc1ccc(COCC[C@H](OCOCc2ccccc2)[C@@H](C)[C@@H](OCc2ccccc2)[C@H](C)CO[Si](C)(C)C(C)(C)C)cc1. The van der Waals surface area contributed by atoms with Crippen LogP contribution in [0.3, 0.4) is 0 Å². The zero-order valence-electron chi connectivity index (χ0n) is 28.8. The molecule has 0 heterocycles. The Morgan fingerprint density at radius 1 is 0.689 bits per heavy atom. The van der Waals surface area contributed by atoms with E-state index < -0.39 is 8.32 Å². The van der Waals surface area contributed by atoms with Crippen LogP contribution in [0.1, 0.15) is 57.7 Å². The van der Waals surface area contributed by atoms with Gasteiger partial charge in [-0.2, -0.15) is 0 Å². The maximum absolute atomic E-state index is 6.72. The molecule has 0 saturated heterocycles. The highest BCUT2D eigenvalue weighted by molar-refractivity contribution is 6.74. The van der Waals surface area contributed by atoms with Gasteiger partial charge in [0.05, 0.1) is 39.1 Å². The summed E-state index contributed by atoms with van der Waals surface area (Å²) in [6.45, 7) is 18.9. The van der Waals surface area contributed by atoms with E-state index in [0.29, 0.717) is 39.5 Å². The van der Waals surface area contributed by atoms with Crippen LogP contribution < -0.4 is 4.74 Å². The Labute approximate surface area is 273 Å². The van der Waals surface area contributed by atoms with Crippen LogP contribution in [-0.4, -0.2) is 47.6 Å². The lowest BCUT2D eigenvalue weighted by atomic mass is 9.88. The minimum absolute atomic E-state index is 0.0663. The summed E-state index contributed by atoms with van der Waals surface area (Å²) in [6.07, 6.45) is 0.496. The molecule has 7 heteroatoms. The maximum Gasteiger partial charge on any atom is 0.191 e. The topological polar surface area (TPSA) is 55.4 Å². The first-order chi connectivity index (χ1) is 21.5. The van der Waals surface area contributed by atoms with Crippen LogP contribution in [0.4, 0.5) is 0 Å². The van der Waals surface area contributed by atoms with Crippen LogP contribution in [0.25, 0.3) is 0 Å². The molecule has 0 bridgehead atoms. The van der Waals surface area contributed by atoms with Crippen molar-refractivity contribution in [2.75, 3.05) is 27.1 Å².